The monoisotopic (exact) mass is 359 g/mol. The molecule has 6 nitrogen and oxygen atoms in total. The average Bonchev–Trinajstić information content (AvgIpc) is 2.69. The summed E-state index contributed by atoms with van der Waals surface area (Å²) in [4.78, 5) is 26.5. The number of carbonyl (C=O) groups excluding carboxylic acids is 2. The minimum absolute atomic E-state index is 0.0181. The van der Waals surface area contributed by atoms with Crippen LogP contribution in [0, 0.1) is 11.8 Å². The number of morpholine rings is 1. The maximum absolute atomic E-state index is 12.4. The number of carbonyl (C=O) groups is 2. The second-order valence-corrected chi connectivity index (χ2v) is 7.32. The number of benzene rings is 1. The molecule has 2 aliphatic rings. The second-order valence-electron chi connectivity index (χ2n) is 7.32. The average molecular weight is 359 g/mol. The van der Waals surface area contributed by atoms with E-state index in [4.69, 9.17) is 4.74 Å². The lowest BCUT2D eigenvalue weighted by atomic mass is 9.85. The van der Waals surface area contributed by atoms with E-state index < -0.39 is 0 Å². The lowest BCUT2D eigenvalue weighted by Gasteiger charge is -2.28. The number of ether oxygens (including phenoxy) is 1. The van der Waals surface area contributed by atoms with Crippen molar-refractivity contribution in [2.75, 3.05) is 44.7 Å². The third kappa shape index (κ3) is 5.05. The smallest absolute Gasteiger partial charge is 0.254 e. The van der Waals surface area contributed by atoms with E-state index in [0.717, 1.165) is 18.8 Å². The van der Waals surface area contributed by atoms with Crippen molar-refractivity contribution in [3.05, 3.63) is 29.8 Å². The molecule has 2 unspecified atom stereocenters. The van der Waals surface area contributed by atoms with Crippen LogP contribution in [0.4, 0.5) is 5.69 Å². The fourth-order valence-electron chi connectivity index (χ4n) is 3.68. The first-order valence-corrected chi connectivity index (χ1v) is 9.61. The van der Waals surface area contributed by atoms with Gasteiger partial charge in [0.15, 0.2) is 0 Å². The Labute approximate surface area is 155 Å². The molecule has 3 rings (SSSR count). The maximum Gasteiger partial charge on any atom is 0.254 e. The number of amides is 2. The largest absolute Gasteiger partial charge is 0.378 e. The molecule has 2 heterocycles. The Morgan fingerprint density at radius 2 is 2.00 bits per heavy atom. The van der Waals surface area contributed by atoms with Gasteiger partial charge in [0.05, 0.1) is 13.2 Å². The molecular formula is C20H29N3O3. The van der Waals surface area contributed by atoms with Crippen LogP contribution in [-0.2, 0) is 9.53 Å². The number of hydrogen-bond donors (Lipinski definition) is 2. The van der Waals surface area contributed by atoms with Gasteiger partial charge in [0.1, 0.15) is 0 Å². The first kappa shape index (κ1) is 18.9. The van der Waals surface area contributed by atoms with Crippen molar-refractivity contribution >= 4 is 17.5 Å². The zero-order chi connectivity index (χ0) is 18.4. The van der Waals surface area contributed by atoms with Gasteiger partial charge in [-0.25, -0.2) is 0 Å². The predicted molar refractivity (Wildman–Crippen MR) is 101 cm³/mol. The molecule has 0 spiro atoms. The SMILES string of the molecule is CC(CC(=O)Nc1ccc(C(=O)N2CCOCC2)cc1)C1CCCNC1. The molecule has 6 heteroatoms. The van der Waals surface area contributed by atoms with E-state index in [9.17, 15) is 9.59 Å². The van der Waals surface area contributed by atoms with Crippen molar-refractivity contribution in [3.8, 4) is 0 Å². The Balaban J connectivity index is 1.50. The summed E-state index contributed by atoms with van der Waals surface area (Å²) < 4.78 is 5.28. The topological polar surface area (TPSA) is 70.7 Å². The van der Waals surface area contributed by atoms with Gasteiger partial charge in [-0.3, -0.25) is 9.59 Å². The van der Waals surface area contributed by atoms with E-state index in [1.165, 1.54) is 12.8 Å². The van der Waals surface area contributed by atoms with Crippen molar-refractivity contribution in [1.29, 1.82) is 0 Å². The van der Waals surface area contributed by atoms with Crippen molar-refractivity contribution in [1.82, 2.24) is 10.2 Å². The number of hydrogen-bond acceptors (Lipinski definition) is 4. The number of nitrogens with zero attached hydrogens (tertiary/aromatic N) is 1. The number of rotatable bonds is 5. The number of piperidine rings is 1. The summed E-state index contributed by atoms with van der Waals surface area (Å²) >= 11 is 0. The Bertz CT molecular complexity index is 605. The molecule has 0 bridgehead atoms. The van der Waals surface area contributed by atoms with Crippen LogP contribution in [0.2, 0.25) is 0 Å². The highest BCUT2D eigenvalue weighted by molar-refractivity contribution is 5.95. The van der Waals surface area contributed by atoms with Crippen LogP contribution < -0.4 is 10.6 Å². The summed E-state index contributed by atoms with van der Waals surface area (Å²) in [6.07, 6.45) is 2.91. The Morgan fingerprint density at radius 1 is 1.27 bits per heavy atom. The van der Waals surface area contributed by atoms with Crippen LogP contribution in [0.3, 0.4) is 0 Å². The molecule has 0 saturated carbocycles. The number of nitrogens with one attached hydrogen (secondary N) is 2. The molecule has 2 amide bonds. The molecule has 2 fully saturated rings. The van der Waals surface area contributed by atoms with E-state index in [1.54, 1.807) is 29.2 Å². The normalized spacial score (nSPS) is 21.9. The first-order valence-electron chi connectivity index (χ1n) is 9.61. The fourth-order valence-corrected chi connectivity index (χ4v) is 3.68. The molecule has 2 N–H and O–H groups in total. The van der Waals surface area contributed by atoms with Crippen molar-refractivity contribution in [3.63, 3.8) is 0 Å². The van der Waals surface area contributed by atoms with Gasteiger partial charge in [-0.05, 0) is 62.0 Å². The molecule has 2 atom stereocenters. The van der Waals surface area contributed by atoms with Gasteiger partial charge >= 0.3 is 0 Å². The zero-order valence-electron chi connectivity index (χ0n) is 15.5. The molecule has 0 aromatic heterocycles. The van der Waals surface area contributed by atoms with Crippen molar-refractivity contribution in [2.45, 2.75) is 26.2 Å². The van der Waals surface area contributed by atoms with Gasteiger partial charge in [-0.2, -0.15) is 0 Å². The summed E-state index contributed by atoms with van der Waals surface area (Å²) in [6.45, 7) is 6.69. The molecule has 2 saturated heterocycles. The van der Waals surface area contributed by atoms with E-state index in [0.29, 0.717) is 50.1 Å². The van der Waals surface area contributed by atoms with Gasteiger partial charge < -0.3 is 20.3 Å². The van der Waals surface area contributed by atoms with Gasteiger partial charge in [0.2, 0.25) is 5.91 Å². The van der Waals surface area contributed by atoms with E-state index in [1.807, 2.05) is 0 Å². The summed E-state index contributed by atoms with van der Waals surface area (Å²) in [7, 11) is 0. The lowest BCUT2D eigenvalue weighted by molar-refractivity contribution is -0.117. The Kier molecular flexibility index (Phi) is 6.63. The highest BCUT2D eigenvalue weighted by Gasteiger charge is 2.22. The van der Waals surface area contributed by atoms with Gasteiger partial charge in [-0.15, -0.1) is 0 Å². The lowest BCUT2D eigenvalue weighted by Crippen LogP contribution is -2.40. The van der Waals surface area contributed by atoms with Crippen LogP contribution in [0.25, 0.3) is 0 Å². The van der Waals surface area contributed by atoms with Crippen LogP contribution >= 0.6 is 0 Å². The molecule has 1 aromatic rings. The standard InChI is InChI=1S/C20H29N3O3/c1-15(17-3-2-8-21-14-17)13-19(24)22-18-6-4-16(5-7-18)20(25)23-9-11-26-12-10-23/h4-7,15,17,21H,2-3,8-14H2,1H3,(H,22,24). The molecule has 142 valence electrons. The van der Waals surface area contributed by atoms with E-state index in [-0.39, 0.29) is 11.8 Å². The number of anilines is 1. The third-order valence-electron chi connectivity index (χ3n) is 5.36. The first-order chi connectivity index (χ1) is 12.6. The molecule has 0 radical (unpaired) electrons. The van der Waals surface area contributed by atoms with Crippen molar-refractivity contribution < 1.29 is 14.3 Å². The summed E-state index contributed by atoms with van der Waals surface area (Å²) in [5.74, 6) is 0.993. The fraction of sp³-hybridized carbons (Fsp3) is 0.600. The molecule has 0 aliphatic carbocycles. The van der Waals surface area contributed by atoms with Gasteiger partial charge in [-0.1, -0.05) is 6.92 Å². The van der Waals surface area contributed by atoms with Gasteiger partial charge in [0, 0.05) is 30.8 Å². The quantitative estimate of drug-likeness (QED) is 0.845. The zero-order valence-corrected chi connectivity index (χ0v) is 15.5. The van der Waals surface area contributed by atoms with Crippen molar-refractivity contribution in [2.24, 2.45) is 11.8 Å². The minimum Gasteiger partial charge on any atom is -0.378 e. The van der Waals surface area contributed by atoms with Crippen LogP contribution in [0.5, 0.6) is 0 Å². The van der Waals surface area contributed by atoms with Crippen LogP contribution in [0.1, 0.15) is 36.5 Å². The minimum atomic E-state index is 0.0181. The predicted octanol–water partition coefficient (Wildman–Crippen LogP) is 2.12. The highest BCUT2D eigenvalue weighted by atomic mass is 16.5. The summed E-state index contributed by atoms with van der Waals surface area (Å²) in [6, 6.07) is 7.17. The third-order valence-corrected chi connectivity index (χ3v) is 5.36. The molecular weight excluding hydrogens is 330 g/mol. The Morgan fingerprint density at radius 3 is 2.65 bits per heavy atom. The summed E-state index contributed by atoms with van der Waals surface area (Å²) in [5.41, 5.74) is 1.38. The van der Waals surface area contributed by atoms with Gasteiger partial charge in [0.25, 0.3) is 5.91 Å². The van der Waals surface area contributed by atoms with E-state index >= 15 is 0 Å². The summed E-state index contributed by atoms with van der Waals surface area (Å²) in [5, 5.41) is 6.36. The van der Waals surface area contributed by atoms with E-state index in [2.05, 4.69) is 17.6 Å². The molecule has 1 aromatic carbocycles. The highest BCUT2D eigenvalue weighted by Crippen LogP contribution is 2.23. The second kappa shape index (κ2) is 9.14. The van der Waals surface area contributed by atoms with Crippen LogP contribution in [0.15, 0.2) is 24.3 Å². The molecule has 26 heavy (non-hydrogen) atoms. The molecule has 2 aliphatic heterocycles. The Hall–Kier alpha value is -1.92. The maximum atomic E-state index is 12.4. The van der Waals surface area contributed by atoms with Crippen LogP contribution in [-0.4, -0.2) is 56.1 Å².